The number of hydrogen-bond donors (Lipinski definition) is 2. The number of aliphatic hydroxyl groups excluding tert-OH is 1. The van der Waals surface area contributed by atoms with E-state index < -0.39 is 6.10 Å². The summed E-state index contributed by atoms with van der Waals surface area (Å²) in [6, 6.07) is 3.74. The second-order valence-electron chi connectivity index (χ2n) is 6.56. The molecule has 19 heavy (non-hydrogen) atoms. The van der Waals surface area contributed by atoms with Crippen LogP contribution in [0.3, 0.4) is 0 Å². The van der Waals surface area contributed by atoms with E-state index >= 15 is 0 Å². The average Bonchev–Trinajstić information content (AvgIpc) is 2.41. The number of rotatable bonds is 5. The highest BCUT2D eigenvalue weighted by molar-refractivity contribution is 5.13. The maximum atomic E-state index is 10.0. The van der Waals surface area contributed by atoms with Gasteiger partial charge in [0.2, 0.25) is 0 Å². The Labute approximate surface area is 116 Å². The molecule has 0 aromatic carbocycles. The van der Waals surface area contributed by atoms with Crippen molar-refractivity contribution >= 4 is 0 Å². The van der Waals surface area contributed by atoms with Crippen LogP contribution in [0.5, 0.6) is 0 Å². The van der Waals surface area contributed by atoms with Crippen LogP contribution in [-0.4, -0.2) is 23.2 Å². The highest BCUT2D eigenvalue weighted by Gasteiger charge is 2.26. The summed E-state index contributed by atoms with van der Waals surface area (Å²) in [5.41, 5.74) is 1.47. The molecule has 0 spiro atoms. The summed E-state index contributed by atoms with van der Waals surface area (Å²) in [5, 5.41) is 13.5. The Bertz CT molecular complexity index is 368. The molecule has 1 aliphatic carbocycles. The lowest BCUT2D eigenvalue weighted by molar-refractivity contribution is 0.159. The summed E-state index contributed by atoms with van der Waals surface area (Å²) < 4.78 is 0. The standard InChI is InChI=1S/C16H26N2O/c1-16(2)7-3-13(4-8-16)11-18-12-15(19)14-5-9-17-10-6-14/h5-6,9-10,13,15,18-19H,3-4,7-8,11-12H2,1-2H3. The third-order valence-electron chi connectivity index (χ3n) is 4.32. The van der Waals surface area contributed by atoms with Gasteiger partial charge in [0.05, 0.1) is 6.10 Å². The predicted octanol–water partition coefficient (Wildman–Crippen LogP) is 2.92. The van der Waals surface area contributed by atoms with Gasteiger partial charge in [-0.15, -0.1) is 0 Å². The smallest absolute Gasteiger partial charge is 0.0915 e. The molecule has 0 amide bonds. The third kappa shape index (κ3) is 4.59. The molecule has 3 heteroatoms. The van der Waals surface area contributed by atoms with Crippen molar-refractivity contribution < 1.29 is 5.11 Å². The van der Waals surface area contributed by atoms with Gasteiger partial charge in [0, 0.05) is 18.9 Å². The lowest BCUT2D eigenvalue weighted by atomic mass is 9.73. The molecule has 0 bridgehead atoms. The Morgan fingerprint density at radius 1 is 1.32 bits per heavy atom. The number of nitrogens with zero attached hydrogens (tertiary/aromatic N) is 1. The van der Waals surface area contributed by atoms with Crippen molar-refractivity contribution in [2.75, 3.05) is 13.1 Å². The van der Waals surface area contributed by atoms with Gasteiger partial charge in [0.1, 0.15) is 0 Å². The minimum Gasteiger partial charge on any atom is -0.387 e. The van der Waals surface area contributed by atoms with E-state index in [0.29, 0.717) is 12.0 Å². The van der Waals surface area contributed by atoms with Gasteiger partial charge in [-0.1, -0.05) is 13.8 Å². The number of pyridine rings is 1. The van der Waals surface area contributed by atoms with Crippen molar-refractivity contribution in [2.45, 2.75) is 45.6 Å². The SMILES string of the molecule is CC1(C)CCC(CNCC(O)c2ccncc2)CC1. The van der Waals surface area contributed by atoms with Gasteiger partial charge >= 0.3 is 0 Å². The predicted molar refractivity (Wildman–Crippen MR) is 77.8 cm³/mol. The normalized spacial score (nSPS) is 21.2. The van der Waals surface area contributed by atoms with E-state index in [2.05, 4.69) is 24.1 Å². The molecule has 2 N–H and O–H groups in total. The molecule has 2 rings (SSSR count). The van der Waals surface area contributed by atoms with Crippen LogP contribution >= 0.6 is 0 Å². The van der Waals surface area contributed by atoms with E-state index in [1.807, 2.05) is 12.1 Å². The molecule has 0 radical (unpaired) electrons. The second kappa shape index (κ2) is 6.49. The number of hydrogen-bond acceptors (Lipinski definition) is 3. The fourth-order valence-electron chi connectivity index (χ4n) is 2.79. The summed E-state index contributed by atoms with van der Waals surface area (Å²) >= 11 is 0. The molecule has 1 heterocycles. The van der Waals surface area contributed by atoms with E-state index in [1.54, 1.807) is 12.4 Å². The van der Waals surface area contributed by atoms with Crippen molar-refractivity contribution in [1.82, 2.24) is 10.3 Å². The summed E-state index contributed by atoms with van der Waals surface area (Å²) in [4.78, 5) is 3.96. The van der Waals surface area contributed by atoms with Gasteiger partial charge in [0.15, 0.2) is 0 Å². The number of aliphatic hydroxyl groups is 1. The van der Waals surface area contributed by atoms with Crippen LogP contribution in [0.2, 0.25) is 0 Å². The Balaban J connectivity index is 1.67. The van der Waals surface area contributed by atoms with Crippen LogP contribution in [0.4, 0.5) is 0 Å². The minimum atomic E-state index is -0.428. The van der Waals surface area contributed by atoms with Gasteiger partial charge in [-0.25, -0.2) is 0 Å². The largest absolute Gasteiger partial charge is 0.387 e. The minimum absolute atomic E-state index is 0.428. The Morgan fingerprint density at radius 3 is 2.58 bits per heavy atom. The summed E-state index contributed by atoms with van der Waals surface area (Å²) in [7, 11) is 0. The molecule has 1 saturated carbocycles. The molecule has 1 unspecified atom stereocenters. The molecule has 106 valence electrons. The summed E-state index contributed by atoms with van der Waals surface area (Å²) in [6.45, 7) is 6.38. The zero-order valence-corrected chi connectivity index (χ0v) is 12.1. The van der Waals surface area contributed by atoms with Crippen LogP contribution in [0.15, 0.2) is 24.5 Å². The fourth-order valence-corrected chi connectivity index (χ4v) is 2.79. The van der Waals surface area contributed by atoms with Crippen molar-refractivity contribution in [1.29, 1.82) is 0 Å². The van der Waals surface area contributed by atoms with Crippen LogP contribution in [0.1, 0.15) is 51.2 Å². The quantitative estimate of drug-likeness (QED) is 0.857. The van der Waals surface area contributed by atoms with E-state index in [4.69, 9.17) is 0 Å². The molecule has 1 atom stereocenters. The maximum Gasteiger partial charge on any atom is 0.0915 e. The molecule has 1 aromatic heterocycles. The zero-order valence-electron chi connectivity index (χ0n) is 12.1. The first kappa shape index (κ1) is 14.5. The first-order valence-corrected chi connectivity index (χ1v) is 7.35. The third-order valence-corrected chi connectivity index (χ3v) is 4.32. The number of nitrogens with one attached hydrogen (secondary N) is 1. The van der Waals surface area contributed by atoms with Crippen LogP contribution in [0.25, 0.3) is 0 Å². The van der Waals surface area contributed by atoms with Gasteiger partial charge in [-0.05, 0) is 61.3 Å². The summed E-state index contributed by atoms with van der Waals surface area (Å²) in [6.07, 6.45) is 8.29. The maximum absolute atomic E-state index is 10.0. The lowest BCUT2D eigenvalue weighted by Gasteiger charge is -2.34. The van der Waals surface area contributed by atoms with Crippen molar-refractivity contribution in [3.05, 3.63) is 30.1 Å². The molecule has 0 saturated heterocycles. The molecule has 3 nitrogen and oxygen atoms in total. The molecular formula is C16H26N2O. The first-order valence-electron chi connectivity index (χ1n) is 7.35. The zero-order chi connectivity index (χ0) is 13.7. The fraction of sp³-hybridized carbons (Fsp3) is 0.688. The lowest BCUT2D eigenvalue weighted by Crippen LogP contribution is -2.31. The highest BCUT2D eigenvalue weighted by atomic mass is 16.3. The van der Waals surface area contributed by atoms with Gasteiger partial charge < -0.3 is 10.4 Å². The summed E-state index contributed by atoms with van der Waals surface area (Å²) in [5.74, 6) is 0.776. The Kier molecular flexibility index (Phi) is 4.94. The first-order chi connectivity index (χ1) is 9.07. The van der Waals surface area contributed by atoms with Gasteiger partial charge in [0.25, 0.3) is 0 Å². The molecule has 1 fully saturated rings. The second-order valence-corrected chi connectivity index (χ2v) is 6.56. The van der Waals surface area contributed by atoms with Crippen molar-refractivity contribution in [2.24, 2.45) is 11.3 Å². The average molecular weight is 262 g/mol. The van der Waals surface area contributed by atoms with Gasteiger partial charge in [-0.3, -0.25) is 4.98 Å². The van der Waals surface area contributed by atoms with Crippen LogP contribution < -0.4 is 5.32 Å². The molecule has 0 aliphatic heterocycles. The molecular weight excluding hydrogens is 236 g/mol. The molecule has 1 aromatic rings. The van der Waals surface area contributed by atoms with Crippen molar-refractivity contribution in [3.8, 4) is 0 Å². The van der Waals surface area contributed by atoms with Crippen molar-refractivity contribution in [3.63, 3.8) is 0 Å². The molecule has 1 aliphatic rings. The monoisotopic (exact) mass is 262 g/mol. The topological polar surface area (TPSA) is 45.1 Å². The Morgan fingerprint density at radius 2 is 1.95 bits per heavy atom. The number of aromatic nitrogens is 1. The van der Waals surface area contributed by atoms with E-state index in [9.17, 15) is 5.11 Å². The Hall–Kier alpha value is -0.930. The highest BCUT2D eigenvalue weighted by Crippen LogP contribution is 2.37. The van der Waals surface area contributed by atoms with Crippen LogP contribution in [0, 0.1) is 11.3 Å². The van der Waals surface area contributed by atoms with Gasteiger partial charge in [-0.2, -0.15) is 0 Å². The van der Waals surface area contributed by atoms with Crippen LogP contribution in [-0.2, 0) is 0 Å². The van der Waals surface area contributed by atoms with E-state index in [1.165, 1.54) is 25.7 Å². The van der Waals surface area contributed by atoms with E-state index in [0.717, 1.165) is 18.0 Å². The van der Waals surface area contributed by atoms with E-state index in [-0.39, 0.29) is 0 Å².